The fourth-order valence-electron chi connectivity index (χ4n) is 5.98. The summed E-state index contributed by atoms with van der Waals surface area (Å²) in [5, 5.41) is 3.71. The Kier molecular flexibility index (Phi) is 5.71. The molecule has 38 heavy (non-hydrogen) atoms. The molecular weight excluding hydrogens is 468 g/mol. The number of para-hydroxylation sites is 4. The Hall–Kier alpha value is -3.86. The van der Waals surface area contributed by atoms with Gasteiger partial charge in [0.25, 0.3) is 0 Å². The number of hydrogen-bond donors (Lipinski definition) is 2. The molecular formula is C33H36N4O. The van der Waals surface area contributed by atoms with E-state index in [0.717, 1.165) is 51.5 Å². The van der Waals surface area contributed by atoms with E-state index in [1.165, 1.54) is 5.56 Å². The zero-order chi connectivity index (χ0) is 26.7. The summed E-state index contributed by atoms with van der Waals surface area (Å²) in [6, 6.07) is 25.1. The van der Waals surface area contributed by atoms with Crippen molar-refractivity contribution in [3.8, 4) is 0 Å². The SMILES string of the molecule is CC1(C)CC(=O)C2=C(C1)Nc1ccccc1N(Cc1nc3ccccc3[nH]1)[C@@H]2c1ccc(C(C)(C)C)cc1. The van der Waals surface area contributed by atoms with Crippen molar-refractivity contribution in [2.75, 3.05) is 10.2 Å². The maximum absolute atomic E-state index is 13.9. The molecule has 194 valence electrons. The molecule has 0 bridgehead atoms. The number of Topliss-reactive ketones (excluding diaryl/α,β-unsaturated/α-hetero) is 1. The van der Waals surface area contributed by atoms with Crippen LogP contribution < -0.4 is 10.2 Å². The third-order valence-electron chi connectivity index (χ3n) is 7.86. The van der Waals surface area contributed by atoms with Crippen LogP contribution in [-0.4, -0.2) is 15.8 Å². The number of fused-ring (bicyclic) bond motifs is 2. The minimum absolute atomic E-state index is 0.0548. The van der Waals surface area contributed by atoms with Crippen LogP contribution in [0.1, 0.15) is 70.5 Å². The lowest BCUT2D eigenvalue weighted by molar-refractivity contribution is -0.118. The second-order valence-electron chi connectivity index (χ2n) is 12.6. The number of H-pyrrole nitrogens is 1. The fourth-order valence-corrected chi connectivity index (χ4v) is 5.98. The summed E-state index contributed by atoms with van der Waals surface area (Å²) in [7, 11) is 0. The third kappa shape index (κ3) is 4.40. The Morgan fingerprint density at radius 1 is 0.947 bits per heavy atom. The number of benzene rings is 3. The first-order chi connectivity index (χ1) is 18.1. The van der Waals surface area contributed by atoms with Crippen molar-refractivity contribution in [3.63, 3.8) is 0 Å². The van der Waals surface area contributed by atoms with E-state index in [0.29, 0.717) is 13.0 Å². The van der Waals surface area contributed by atoms with Crippen LogP contribution in [0, 0.1) is 5.41 Å². The Morgan fingerprint density at radius 3 is 2.39 bits per heavy atom. The zero-order valence-electron chi connectivity index (χ0n) is 22.9. The molecule has 0 saturated carbocycles. The van der Waals surface area contributed by atoms with Crippen LogP contribution >= 0.6 is 0 Å². The standard InChI is InChI=1S/C33H36N4O/c1-32(2,3)22-16-14-21(15-17-22)31-30-26(18-33(4,5)19-28(30)38)34-25-12-8-9-13-27(25)37(31)20-29-35-23-10-6-7-11-24(23)36-29/h6-17,31,34H,18-20H2,1-5H3,(H,35,36)/t31-/m1/s1. The quantitative estimate of drug-likeness (QED) is 0.300. The average molecular weight is 505 g/mol. The molecule has 6 rings (SSSR count). The van der Waals surface area contributed by atoms with Gasteiger partial charge in [0.1, 0.15) is 5.82 Å². The van der Waals surface area contributed by atoms with Crippen LogP contribution in [0.25, 0.3) is 11.0 Å². The Morgan fingerprint density at radius 2 is 1.66 bits per heavy atom. The van der Waals surface area contributed by atoms with Crippen molar-refractivity contribution in [1.29, 1.82) is 0 Å². The van der Waals surface area contributed by atoms with Crippen LogP contribution in [0.2, 0.25) is 0 Å². The molecule has 0 fully saturated rings. The van der Waals surface area contributed by atoms with Crippen molar-refractivity contribution in [3.05, 3.63) is 101 Å². The first-order valence-electron chi connectivity index (χ1n) is 13.5. The molecule has 2 aliphatic rings. The molecule has 0 unspecified atom stereocenters. The molecule has 1 aliphatic carbocycles. The van der Waals surface area contributed by atoms with E-state index in [9.17, 15) is 4.79 Å². The topological polar surface area (TPSA) is 61.0 Å². The fraction of sp³-hybridized carbons (Fsp3) is 0.333. The molecule has 0 saturated heterocycles. The van der Waals surface area contributed by atoms with E-state index >= 15 is 0 Å². The minimum Gasteiger partial charge on any atom is -0.357 e. The molecule has 2 heterocycles. The van der Waals surface area contributed by atoms with Crippen LogP contribution in [0.5, 0.6) is 0 Å². The second-order valence-corrected chi connectivity index (χ2v) is 12.6. The molecule has 0 amide bonds. The van der Waals surface area contributed by atoms with E-state index in [2.05, 4.69) is 104 Å². The summed E-state index contributed by atoms with van der Waals surface area (Å²) >= 11 is 0. The highest BCUT2D eigenvalue weighted by Gasteiger charge is 2.41. The molecule has 0 radical (unpaired) electrons. The number of rotatable bonds is 3. The van der Waals surface area contributed by atoms with Gasteiger partial charge in [0, 0.05) is 17.7 Å². The summed E-state index contributed by atoms with van der Waals surface area (Å²) in [5.41, 5.74) is 8.33. The van der Waals surface area contributed by atoms with Gasteiger partial charge in [0.2, 0.25) is 0 Å². The Labute approximate surface area is 225 Å². The van der Waals surface area contributed by atoms with Gasteiger partial charge >= 0.3 is 0 Å². The number of anilines is 2. The Bertz CT molecular complexity index is 1520. The van der Waals surface area contributed by atoms with Gasteiger partial charge in [-0.3, -0.25) is 4.79 Å². The van der Waals surface area contributed by atoms with Gasteiger partial charge in [-0.25, -0.2) is 4.98 Å². The smallest absolute Gasteiger partial charge is 0.163 e. The summed E-state index contributed by atoms with van der Waals surface area (Å²) in [6.45, 7) is 11.6. The van der Waals surface area contributed by atoms with Crippen molar-refractivity contribution in [2.45, 2.75) is 65.5 Å². The minimum atomic E-state index is -0.230. The lowest BCUT2D eigenvalue weighted by Crippen LogP contribution is -2.36. The highest BCUT2D eigenvalue weighted by atomic mass is 16.1. The summed E-state index contributed by atoms with van der Waals surface area (Å²) in [6.07, 6.45) is 1.37. The van der Waals surface area contributed by atoms with Crippen LogP contribution in [0.4, 0.5) is 11.4 Å². The largest absolute Gasteiger partial charge is 0.357 e. The highest BCUT2D eigenvalue weighted by molar-refractivity contribution is 6.01. The van der Waals surface area contributed by atoms with Gasteiger partial charge in [0.15, 0.2) is 5.78 Å². The first-order valence-corrected chi connectivity index (χ1v) is 13.5. The van der Waals surface area contributed by atoms with Gasteiger partial charge in [-0.2, -0.15) is 0 Å². The molecule has 5 nitrogen and oxygen atoms in total. The van der Waals surface area contributed by atoms with Crippen molar-refractivity contribution < 1.29 is 4.79 Å². The van der Waals surface area contributed by atoms with Gasteiger partial charge in [-0.1, -0.05) is 83.1 Å². The summed E-state index contributed by atoms with van der Waals surface area (Å²) in [5.74, 6) is 1.10. The number of carbonyl (C=O) groups is 1. The zero-order valence-corrected chi connectivity index (χ0v) is 22.9. The predicted octanol–water partition coefficient (Wildman–Crippen LogP) is 7.68. The van der Waals surface area contributed by atoms with E-state index in [1.54, 1.807) is 0 Å². The average Bonchev–Trinajstić information content (AvgIpc) is 3.21. The maximum Gasteiger partial charge on any atom is 0.163 e. The number of imidazole rings is 1. The molecule has 5 heteroatoms. The molecule has 2 N–H and O–H groups in total. The lowest BCUT2D eigenvalue weighted by atomic mass is 9.73. The first kappa shape index (κ1) is 24.5. The number of hydrogen-bond acceptors (Lipinski definition) is 4. The molecule has 3 aromatic carbocycles. The van der Waals surface area contributed by atoms with E-state index in [1.807, 2.05) is 18.2 Å². The van der Waals surface area contributed by atoms with E-state index < -0.39 is 0 Å². The normalized spacial score (nSPS) is 19.1. The number of aromatic nitrogens is 2. The van der Waals surface area contributed by atoms with Crippen LogP contribution in [0.15, 0.2) is 84.1 Å². The molecule has 1 atom stereocenters. The number of allylic oxidation sites excluding steroid dienone is 1. The number of nitrogens with one attached hydrogen (secondary N) is 2. The van der Waals surface area contributed by atoms with Crippen molar-refractivity contribution in [2.24, 2.45) is 5.41 Å². The molecule has 0 spiro atoms. The summed E-state index contributed by atoms with van der Waals surface area (Å²) < 4.78 is 0. The second kappa shape index (κ2) is 8.87. The number of nitrogens with zero attached hydrogens (tertiary/aromatic N) is 2. The van der Waals surface area contributed by atoms with Gasteiger partial charge < -0.3 is 15.2 Å². The third-order valence-corrected chi connectivity index (χ3v) is 7.86. The number of ketones is 1. The van der Waals surface area contributed by atoms with E-state index in [-0.39, 0.29) is 22.7 Å². The number of aromatic amines is 1. The summed E-state index contributed by atoms with van der Waals surface area (Å²) in [4.78, 5) is 24.7. The van der Waals surface area contributed by atoms with Gasteiger partial charge in [-0.15, -0.1) is 0 Å². The highest BCUT2D eigenvalue weighted by Crippen LogP contribution is 2.48. The van der Waals surface area contributed by atoms with E-state index in [4.69, 9.17) is 4.98 Å². The number of carbonyl (C=O) groups excluding carboxylic acids is 1. The Balaban J connectivity index is 1.55. The van der Waals surface area contributed by atoms with Crippen LogP contribution in [0.3, 0.4) is 0 Å². The van der Waals surface area contributed by atoms with Gasteiger partial charge in [-0.05, 0) is 52.6 Å². The molecule has 1 aliphatic heterocycles. The molecule has 4 aromatic rings. The van der Waals surface area contributed by atoms with Gasteiger partial charge in [0.05, 0.1) is 35.0 Å². The molecule has 1 aromatic heterocycles. The monoisotopic (exact) mass is 504 g/mol. The lowest BCUT2D eigenvalue weighted by Gasteiger charge is -2.38. The van der Waals surface area contributed by atoms with Crippen molar-refractivity contribution >= 4 is 28.2 Å². The van der Waals surface area contributed by atoms with Crippen LogP contribution in [-0.2, 0) is 16.8 Å². The van der Waals surface area contributed by atoms with Crippen molar-refractivity contribution in [1.82, 2.24) is 9.97 Å². The maximum atomic E-state index is 13.9. The predicted molar refractivity (Wildman–Crippen MR) is 155 cm³/mol.